The summed E-state index contributed by atoms with van der Waals surface area (Å²) in [6, 6.07) is 5.48. The van der Waals surface area contributed by atoms with Crippen LogP contribution in [0.5, 0.6) is 0 Å². The van der Waals surface area contributed by atoms with E-state index in [0.717, 1.165) is 0 Å². The Morgan fingerprint density at radius 2 is 1.79 bits per heavy atom. The zero-order valence-corrected chi connectivity index (χ0v) is 11.0. The summed E-state index contributed by atoms with van der Waals surface area (Å²) in [6.07, 6.45) is -1.99. The van der Waals surface area contributed by atoms with E-state index in [2.05, 4.69) is 5.32 Å². The molecule has 2 rings (SSSR count). The minimum absolute atomic E-state index is 0.0268. The van der Waals surface area contributed by atoms with Gasteiger partial charge in [-0.3, -0.25) is 0 Å². The van der Waals surface area contributed by atoms with E-state index in [1.54, 1.807) is 0 Å². The number of hydrogen-bond donors (Lipinski definition) is 1. The van der Waals surface area contributed by atoms with Crippen LogP contribution in [0.15, 0.2) is 29.2 Å². The molecule has 1 nitrogen and oxygen atoms in total. The molecule has 0 atom stereocenters. The Hall–Kier alpha value is -0.750. The molecule has 0 radical (unpaired) electrons. The summed E-state index contributed by atoms with van der Waals surface area (Å²) in [7, 11) is 0. The highest BCUT2D eigenvalue weighted by molar-refractivity contribution is 8.00. The second kappa shape index (κ2) is 6.13. The topological polar surface area (TPSA) is 12.0 Å². The molecule has 1 saturated heterocycles. The summed E-state index contributed by atoms with van der Waals surface area (Å²) in [5.74, 6) is -0.760. The Morgan fingerprint density at radius 3 is 2.42 bits per heavy atom. The minimum Gasteiger partial charge on any atom is -0.317 e. The number of alkyl halides is 4. The Bertz CT molecular complexity index is 419. The van der Waals surface area contributed by atoms with Gasteiger partial charge in [0.25, 0.3) is 6.43 Å². The lowest BCUT2D eigenvalue weighted by Gasteiger charge is -2.30. The maximum atomic E-state index is 14.1. The summed E-state index contributed by atoms with van der Waals surface area (Å²) >= 11 is 0.266. The SMILES string of the molecule is FC(F)c1ccccc1SC(F)(F)C1CCNCC1. The summed E-state index contributed by atoms with van der Waals surface area (Å²) in [6.45, 7) is 1.11. The molecule has 1 N–H and O–H groups in total. The first-order valence-electron chi connectivity index (χ1n) is 6.15. The van der Waals surface area contributed by atoms with Crippen molar-refractivity contribution in [2.45, 2.75) is 29.4 Å². The van der Waals surface area contributed by atoms with Crippen molar-refractivity contribution in [1.29, 1.82) is 0 Å². The van der Waals surface area contributed by atoms with E-state index >= 15 is 0 Å². The smallest absolute Gasteiger partial charge is 0.301 e. The summed E-state index contributed by atoms with van der Waals surface area (Å²) in [5.41, 5.74) is -0.318. The average Bonchev–Trinajstić information content (AvgIpc) is 2.39. The summed E-state index contributed by atoms with van der Waals surface area (Å²) in [4.78, 5) is -0.0268. The highest BCUT2D eigenvalue weighted by Gasteiger charge is 2.41. The van der Waals surface area contributed by atoms with E-state index < -0.39 is 17.6 Å². The largest absolute Gasteiger partial charge is 0.317 e. The molecule has 1 aromatic carbocycles. The van der Waals surface area contributed by atoms with Crippen LogP contribution in [0, 0.1) is 5.92 Å². The third-order valence-electron chi connectivity index (χ3n) is 3.21. The zero-order chi connectivity index (χ0) is 13.9. The Kier molecular flexibility index (Phi) is 4.73. The molecule has 0 spiro atoms. The fourth-order valence-electron chi connectivity index (χ4n) is 2.14. The van der Waals surface area contributed by atoms with Crippen LogP contribution in [-0.4, -0.2) is 18.3 Å². The summed E-state index contributed by atoms with van der Waals surface area (Å²) < 4.78 is 53.8. The number of hydrogen-bond acceptors (Lipinski definition) is 2. The first kappa shape index (κ1) is 14.7. The minimum atomic E-state index is -3.01. The highest BCUT2D eigenvalue weighted by Crippen LogP contribution is 2.46. The van der Waals surface area contributed by atoms with E-state index in [-0.39, 0.29) is 22.2 Å². The van der Waals surface area contributed by atoms with Crippen LogP contribution < -0.4 is 5.32 Å². The van der Waals surface area contributed by atoms with Gasteiger partial charge in [-0.25, -0.2) is 8.78 Å². The van der Waals surface area contributed by atoms with Crippen molar-refractivity contribution < 1.29 is 17.6 Å². The van der Waals surface area contributed by atoms with Crippen LogP contribution in [0.3, 0.4) is 0 Å². The molecule has 1 aliphatic heterocycles. The molecule has 0 aromatic heterocycles. The van der Waals surface area contributed by atoms with Crippen LogP contribution in [0.4, 0.5) is 17.6 Å². The first-order chi connectivity index (χ1) is 9.00. The van der Waals surface area contributed by atoms with E-state index in [1.165, 1.54) is 24.3 Å². The van der Waals surface area contributed by atoms with Gasteiger partial charge < -0.3 is 5.32 Å². The van der Waals surface area contributed by atoms with Crippen molar-refractivity contribution in [2.75, 3.05) is 13.1 Å². The Labute approximate surface area is 113 Å². The quantitative estimate of drug-likeness (QED) is 0.656. The predicted molar refractivity (Wildman–Crippen MR) is 67.8 cm³/mol. The molecular weight excluding hydrogens is 278 g/mol. The molecular formula is C13H15F4NS. The molecule has 1 aromatic rings. The maximum absolute atomic E-state index is 14.1. The van der Waals surface area contributed by atoms with Gasteiger partial charge in [0.2, 0.25) is 0 Å². The normalized spacial score (nSPS) is 17.9. The number of thioether (sulfide) groups is 1. The lowest BCUT2D eigenvalue weighted by molar-refractivity contribution is 0.0227. The van der Waals surface area contributed by atoms with Gasteiger partial charge in [-0.2, -0.15) is 8.78 Å². The van der Waals surface area contributed by atoms with E-state index in [9.17, 15) is 17.6 Å². The average molecular weight is 293 g/mol. The molecule has 0 unspecified atom stereocenters. The van der Waals surface area contributed by atoms with Gasteiger partial charge in [-0.05, 0) is 32.0 Å². The molecule has 0 bridgehead atoms. The Balaban J connectivity index is 2.15. The molecule has 1 fully saturated rings. The van der Waals surface area contributed by atoms with Gasteiger partial charge >= 0.3 is 5.25 Å². The number of nitrogens with one attached hydrogen (secondary N) is 1. The lowest BCUT2D eigenvalue weighted by Crippen LogP contribution is -2.36. The van der Waals surface area contributed by atoms with Crippen molar-refractivity contribution >= 4 is 11.8 Å². The lowest BCUT2D eigenvalue weighted by atomic mass is 9.99. The molecule has 0 aliphatic carbocycles. The molecule has 6 heteroatoms. The van der Waals surface area contributed by atoms with Gasteiger partial charge in [0, 0.05) is 16.4 Å². The monoisotopic (exact) mass is 293 g/mol. The number of benzene rings is 1. The van der Waals surface area contributed by atoms with Gasteiger partial charge in [-0.1, -0.05) is 30.0 Å². The molecule has 1 aliphatic rings. The number of rotatable bonds is 4. The van der Waals surface area contributed by atoms with Crippen molar-refractivity contribution in [3.63, 3.8) is 0 Å². The molecule has 19 heavy (non-hydrogen) atoms. The van der Waals surface area contributed by atoms with Gasteiger partial charge in [-0.15, -0.1) is 0 Å². The third kappa shape index (κ3) is 3.63. The molecule has 106 valence electrons. The third-order valence-corrected chi connectivity index (χ3v) is 4.41. The van der Waals surface area contributed by atoms with Crippen LogP contribution in [0.1, 0.15) is 24.8 Å². The fourth-order valence-corrected chi connectivity index (χ4v) is 3.26. The first-order valence-corrected chi connectivity index (χ1v) is 6.97. The highest BCUT2D eigenvalue weighted by atomic mass is 32.2. The molecule has 0 amide bonds. The predicted octanol–water partition coefficient (Wildman–Crippen LogP) is 4.31. The van der Waals surface area contributed by atoms with Crippen LogP contribution in [0.25, 0.3) is 0 Å². The fraction of sp³-hybridized carbons (Fsp3) is 0.538. The van der Waals surface area contributed by atoms with Gasteiger partial charge in [0.1, 0.15) is 0 Å². The van der Waals surface area contributed by atoms with E-state index in [1.807, 2.05) is 0 Å². The molecule has 1 heterocycles. The van der Waals surface area contributed by atoms with Crippen LogP contribution in [-0.2, 0) is 0 Å². The van der Waals surface area contributed by atoms with Gasteiger partial charge in [0.15, 0.2) is 0 Å². The number of piperidine rings is 1. The maximum Gasteiger partial charge on any atom is 0.301 e. The van der Waals surface area contributed by atoms with E-state index in [4.69, 9.17) is 0 Å². The van der Waals surface area contributed by atoms with Crippen LogP contribution in [0.2, 0.25) is 0 Å². The van der Waals surface area contributed by atoms with Crippen molar-refractivity contribution in [2.24, 2.45) is 5.92 Å². The molecule has 0 saturated carbocycles. The van der Waals surface area contributed by atoms with E-state index in [0.29, 0.717) is 25.9 Å². The van der Waals surface area contributed by atoms with Crippen LogP contribution >= 0.6 is 11.8 Å². The van der Waals surface area contributed by atoms with Crippen molar-refractivity contribution in [3.05, 3.63) is 29.8 Å². The number of halogens is 4. The van der Waals surface area contributed by atoms with Crippen molar-refractivity contribution in [1.82, 2.24) is 5.32 Å². The second-order valence-electron chi connectivity index (χ2n) is 4.53. The zero-order valence-electron chi connectivity index (χ0n) is 10.2. The standard InChI is InChI=1S/C13H15F4NS/c14-12(15)10-3-1-2-4-11(10)19-13(16,17)9-5-7-18-8-6-9/h1-4,9,12,18H,5-8H2. The summed E-state index contributed by atoms with van der Waals surface area (Å²) in [5, 5.41) is 0.0108. The van der Waals surface area contributed by atoms with Gasteiger partial charge in [0.05, 0.1) is 0 Å². The second-order valence-corrected chi connectivity index (χ2v) is 5.71. The Morgan fingerprint density at radius 1 is 1.16 bits per heavy atom. The van der Waals surface area contributed by atoms with Crippen molar-refractivity contribution in [3.8, 4) is 0 Å².